The van der Waals surface area contributed by atoms with E-state index in [9.17, 15) is 4.79 Å². The summed E-state index contributed by atoms with van der Waals surface area (Å²) in [7, 11) is 0. The van der Waals surface area contributed by atoms with Crippen molar-refractivity contribution in [3.8, 4) is 0 Å². The highest BCUT2D eigenvalue weighted by Crippen LogP contribution is 2.20. The second-order valence-electron chi connectivity index (χ2n) is 5.54. The molecule has 1 amide bonds. The third kappa shape index (κ3) is 3.83. The van der Waals surface area contributed by atoms with E-state index in [0.29, 0.717) is 6.54 Å². The van der Waals surface area contributed by atoms with Crippen molar-refractivity contribution in [2.24, 2.45) is 0 Å². The fourth-order valence-electron chi connectivity index (χ4n) is 2.55. The largest absolute Gasteiger partial charge is 0.467 e. The van der Waals surface area contributed by atoms with Crippen LogP contribution in [0.2, 0.25) is 0 Å². The van der Waals surface area contributed by atoms with E-state index in [1.54, 1.807) is 29.8 Å². The average molecular weight is 341 g/mol. The highest BCUT2D eigenvalue weighted by Gasteiger charge is 2.20. The first-order valence-electron chi connectivity index (χ1n) is 7.68. The maximum Gasteiger partial charge on any atom is 0.244 e. The Morgan fingerprint density at radius 2 is 2.33 bits per heavy atom. The van der Waals surface area contributed by atoms with Crippen LogP contribution in [0.4, 0.5) is 0 Å². The van der Waals surface area contributed by atoms with Gasteiger partial charge in [-0.3, -0.25) is 9.48 Å². The summed E-state index contributed by atoms with van der Waals surface area (Å²) in [6.45, 7) is 4.35. The molecule has 0 radical (unpaired) electrons. The number of carbonyl (C=O) groups excluding carboxylic acids is 1. The zero-order valence-corrected chi connectivity index (χ0v) is 14.4. The number of carbonyl (C=O) groups is 1. The molecule has 0 aliphatic carbocycles. The first-order valence-corrected chi connectivity index (χ1v) is 8.62. The van der Waals surface area contributed by atoms with Gasteiger partial charge in [-0.2, -0.15) is 16.4 Å². The van der Waals surface area contributed by atoms with E-state index < -0.39 is 0 Å². The van der Waals surface area contributed by atoms with Crippen molar-refractivity contribution in [3.63, 3.8) is 0 Å². The van der Waals surface area contributed by atoms with Crippen LogP contribution in [-0.2, 0) is 4.79 Å². The van der Waals surface area contributed by atoms with Crippen LogP contribution in [0.25, 0.3) is 6.08 Å². The van der Waals surface area contributed by atoms with E-state index in [1.807, 2.05) is 53.6 Å². The molecule has 0 bridgehead atoms. The second kappa shape index (κ2) is 7.31. The van der Waals surface area contributed by atoms with Gasteiger partial charge in [0.15, 0.2) is 0 Å². The minimum atomic E-state index is -0.174. The molecule has 0 fully saturated rings. The molecule has 0 spiro atoms. The number of aryl methyl sites for hydroxylation is 2. The molecular formula is C18H19N3O2S. The number of furan rings is 1. The average Bonchev–Trinajstić information content (AvgIpc) is 3.29. The molecule has 0 aromatic carbocycles. The first-order chi connectivity index (χ1) is 11.6. The molecule has 1 unspecified atom stereocenters. The Labute approximate surface area is 144 Å². The third-order valence-electron chi connectivity index (χ3n) is 3.65. The maximum absolute atomic E-state index is 12.1. The maximum atomic E-state index is 12.1. The molecule has 3 rings (SSSR count). The van der Waals surface area contributed by atoms with Gasteiger partial charge in [-0.25, -0.2) is 0 Å². The number of rotatable bonds is 6. The van der Waals surface area contributed by atoms with Gasteiger partial charge < -0.3 is 9.73 Å². The highest BCUT2D eigenvalue weighted by atomic mass is 32.1. The summed E-state index contributed by atoms with van der Waals surface area (Å²) < 4.78 is 7.42. The van der Waals surface area contributed by atoms with Gasteiger partial charge in [-0.1, -0.05) is 0 Å². The number of aromatic nitrogens is 2. The number of nitrogens with zero attached hydrogens (tertiary/aromatic N) is 2. The molecule has 3 heterocycles. The second-order valence-corrected chi connectivity index (χ2v) is 6.32. The summed E-state index contributed by atoms with van der Waals surface area (Å²) >= 11 is 1.60. The van der Waals surface area contributed by atoms with Crippen molar-refractivity contribution in [2.45, 2.75) is 19.9 Å². The van der Waals surface area contributed by atoms with Crippen molar-refractivity contribution < 1.29 is 9.21 Å². The van der Waals surface area contributed by atoms with Crippen molar-refractivity contribution in [3.05, 3.63) is 70.1 Å². The number of hydrogen-bond donors (Lipinski definition) is 1. The van der Waals surface area contributed by atoms with Crippen LogP contribution in [0.5, 0.6) is 0 Å². The first kappa shape index (κ1) is 16.3. The van der Waals surface area contributed by atoms with Gasteiger partial charge in [0.1, 0.15) is 11.8 Å². The van der Waals surface area contributed by atoms with Crippen LogP contribution >= 0.6 is 11.3 Å². The molecule has 6 heteroatoms. The number of amides is 1. The zero-order chi connectivity index (χ0) is 16.9. The van der Waals surface area contributed by atoms with E-state index in [0.717, 1.165) is 22.7 Å². The number of hydrogen-bond acceptors (Lipinski definition) is 4. The summed E-state index contributed by atoms with van der Waals surface area (Å²) in [5.74, 6) is 0.627. The van der Waals surface area contributed by atoms with Gasteiger partial charge in [0.25, 0.3) is 0 Å². The molecule has 0 saturated heterocycles. The number of nitrogens with one attached hydrogen (secondary N) is 1. The number of thiophene rings is 1. The predicted octanol–water partition coefficient (Wildman–Crippen LogP) is 3.57. The molecule has 0 aliphatic rings. The Balaban J connectivity index is 1.71. The molecule has 124 valence electrons. The molecule has 1 atom stereocenters. The summed E-state index contributed by atoms with van der Waals surface area (Å²) in [5.41, 5.74) is 2.99. The summed E-state index contributed by atoms with van der Waals surface area (Å²) in [4.78, 5) is 12.1. The fraction of sp³-hybridized carbons (Fsp3) is 0.222. The molecule has 5 nitrogen and oxygen atoms in total. The van der Waals surface area contributed by atoms with Crippen molar-refractivity contribution in [2.75, 3.05) is 6.54 Å². The fourth-order valence-corrected chi connectivity index (χ4v) is 3.18. The van der Waals surface area contributed by atoms with E-state index in [1.165, 1.54) is 0 Å². The van der Waals surface area contributed by atoms with Crippen molar-refractivity contribution in [1.82, 2.24) is 15.1 Å². The van der Waals surface area contributed by atoms with Crippen LogP contribution < -0.4 is 5.32 Å². The lowest BCUT2D eigenvalue weighted by atomic mass is 10.2. The van der Waals surface area contributed by atoms with Crippen LogP contribution in [0.3, 0.4) is 0 Å². The Morgan fingerprint density at radius 1 is 1.46 bits per heavy atom. The molecule has 24 heavy (non-hydrogen) atoms. The summed E-state index contributed by atoms with van der Waals surface area (Å²) in [6, 6.07) is 7.54. The lowest BCUT2D eigenvalue weighted by Gasteiger charge is -2.17. The summed E-state index contributed by atoms with van der Waals surface area (Å²) in [5, 5.41) is 11.4. The highest BCUT2D eigenvalue weighted by molar-refractivity contribution is 7.08. The molecule has 3 aromatic heterocycles. The van der Waals surface area contributed by atoms with Gasteiger partial charge >= 0.3 is 0 Å². The van der Waals surface area contributed by atoms with Crippen molar-refractivity contribution in [1.29, 1.82) is 0 Å². The Bertz CT molecular complexity index is 817. The van der Waals surface area contributed by atoms with Crippen molar-refractivity contribution >= 4 is 23.3 Å². The topological polar surface area (TPSA) is 60.1 Å². The van der Waals surface area contributed by atoms with E-state index in [4.69, 9.17) is 4.42 Å². The molecule has 1 N–H and O–H groups in total. The van der Waals surface area contributed by atoms with Gasteiger partial charge in [0.2, 0.25) is 5.91 Å². The van der Waals surface area contributed by atoms with Crippen LogP contribution in [-0.4, -0.2) is 22.2 Å². The quantitative estimate of drug-likeness (QED) is 0.697. The Morgan fingerprint density at radius 3 is 2.96 bits per heavy atom. The third-order valence-corrected chi connectivity index (χ3v) is 4.35. The van der Waals surface area contributed by atoms with Gasteiger partial charge in [0, 0.05) is 18.3 Å². The normalized spacial score (nSPS) is 12.6. The molecule has 0 aliphatic heterocycles. The Kier molecular flexibility index (Phi) is 4.96. The van der Waals surface area contributed by atoms with Crippen LogP contribution in [0.15, 0.2) is 51.8 Å². The zero-order valence-electron chi connectivity index (χ0n) is 13.6. The monoisotopic (exact) mass is 341 g/mol. The standard InChI is InChI=1S/C18H19N3O2S/c1-13-10-14(2)21(20-13)16(17-4-3-8-23-17)11-19-18(22)6-5-15-7-9-24-12-15/h3-10,12,16H,11H2,1-2H3,(H,19,22)/b6-5+. The van der Waals surface area contributed by atoms with Gasteiger partial charge in [-0.15, -0.1) is 0 Å². The van der Waals surface area contributed by atoms with E-state index in [2.05, 4.69) is 10.4 Å². The van der Waals surface area contributed by atoms with Gasteiger partial charge in [0.05, 0.1) is 12.0 Å². The Hall–Kier alpha value is -2.60. The minimum Gasteiger partial charge on any atom is -0.467 e. The lowest BCUT2D eigenvalue weighted by molar-refractivity contribution is -0.116. The van der Waals surface area contributed by atoms with Crippen LogP contribution in [0.1, 0.15) is 28.8 Å². The SMILES string of the molecule is Cc1cc(C)n(C(CNC(=O)/C=C/c2ccsc2)c2ccco2)n1. The molecule has 3 aromatic rings. The minimum absolute atomic E-state index is 0.140. The molecule has 0 saturated carbocycles. The van der Waals surface area contributed by atoms with Gasteiger partial charge in [-0.05, 0) is 60.5 Å². The van der Waals surface area contributed by atoms with E-state index in [-0.39, 0.29) is 11.9 Å². The van der Waals surface area contributed by atoms with E-state index >= 15 is 0 Å². The molecular weight excluding hydrogens is 322 g/mol. The lowest BCUT2D eigenvalue weighted by Crippen LogP contribution is -2.31. The summed E-state index contributed by atoms with van der Waals surface area (Å²) in [6.07, 6.45) is 4.98. The predicted molar refractivity (Wildman–Crippen MR) is 94.9 cm³/mol. The van der Waals surface area contributed by atoms with Crippen LogP contribution in [0, 0.1) is 13.8 Å². The smallest absolute Gasteiger partial charge is 0.244 e.